The Hall–Kier alpha value is -2.44. The highest BCUT2D eigenvalue weighted by atomic mass is 16.5. The Morgan fingerprint density at radius 2 is 2.10 bits per heavy atom. The normalized spacial score (nSPS) is 18.7. The molecule has 1 aromatic rings. The lowest BCUT2D eigenvalue weighted by atomic mass is 10.1. The van der Waals surface area contributed by atoms with Crippen LogP contribution in [0.4, 0.5) is 0 Å². The molecule has 3 N–H and O–H groups in total. The van der Waals surface area contributed by atoms with Crippen molar-refractivity contribution in [2.75, 3.05) is 20.8 Å². The first kappa shape index (κ1) is 15.0. The highest BCUT2D eigenvalue weighted by Crippen LogP contribution is 2.29. The minimum atomic E-state index is -0.365. The number of oxime groups is 1. The van der Waals surface area contributed by atoms with Gasteiger partial charge in [-0.3, -0.25) is 4.79 Å². The maximum absolute atomic E-state index is 12.6. The zero-order valence-corrected chi connectivity index (χ0v) is 12.1. The average Bonchev–Trinajstić information content (AvgIpc) is 3.02. The molecular formula is C14H19N3O4. The smallest absolute Gasteiger partial charge is 0.254 e. The maximum Gasteiger partial charge on any atom is 0.254 e. The summed E-state index contributed by atoms with van der Waals surface area (Å²) in [7, 11) is 3.05. The fraction of sp³-hybridized carbons (Fsp3) is 0.429. The van der Waals surface area contributed by atoms with Crippen molar-refractivity contribution in [1.82, 2.24) is 4.90 Å². The number of benzene rings is 1. The van der Waals surface area contributed by atoms with Gasteiger partial charge in [0.1, 0.15) is 0 Å². The Bertz CT molecular complexity index is 559. The van der Waals surface area contributed by atoms with E-state index in [2.05, 4.69) is 5.16 Å². The van der Waals surface area contributed by atoms with Crippen LogP contribution < -0.4 is 15.2 Å². The second-order valence-electron chi connectivity index (χ2n) is 4.75. The summed E-state index contributed by atoms with van der Waals surface area (Å²) in [5.74, 6) is 0.928. The zero-order valence-electron chi connectivity index (χ0n) is 12.1. The highest BCUT2D eigenvalue weighted by molar-refractivity contribution is 5.99. The molecule has 2 rings (SSSR count). The number of ether oxygens (including phenoxy) is 2. The van der Waals surface area contributed by atoms with E-state index in [0.29, 0.717) is 30.0 Å². The van der Waals surface area contributed by atoms with Gasteiger partial charge in [0.2, 0.25) is 0 Å². The molecule has 1 aromatic carbocycles. The van der Waals surface area contributed by atoms with Gasteiger partial charge in [-0.15, -0.1) is 0 Å². The van der Waals surface area contributed by atoms with Gasteiger partial charge < -0.3 is 25.3 Å². The van der Waals surface area contributed by atoms with Crippen LogP contribution >= 0.6 is 0 Å². The number of carbonyl (C=O) groups excluding carboxylic acids is 1. The van der Waals surface area contributed by atoms with Crippen molar-refractivity contribution < 1.29 is 19.5 Å². The lowest BCUT2D eigenvalue weighted by molar-refractivity contribution is 0.0767. The predicted molar refractivity (Wildman–Crippen MR) is 77.0 cm³/mol. The number of amides is 1. The van der Waals surface area contributed by atoms with Crippen molar-refractivity contribution in [1.29, 1.82) is 0 Å². The number of nitrogens with two attached hydrogens (primary N) is 1. The van der Waals surface area contributed by atoms with E-state index in [1.165, 1.54) is 14.2 Å². The van der Waals surface area contributed by atoms with Crippen molar-refractivity contribution in [2.24, 2.45) is 10.9 Å². The molecule has 1 amide bonds. The SMILES string of the molecule is COc1ccc(C(=O)N2CCCC2C(N)=NO)cc1OC. The van der Waals surface area contributed by atoms with Gasteiger partial charge in [0.15, 0.2) is 17.3 Å². The minimum Gasteiger partial charge on any atom is -0.493 e. The van der Waals surface area contributed by atoms with Gasteiger partial charge >= 0.3 is 0 Å². The van der Waals surface area contributed by atoms with Crippen LogP contribution in [0.25, 0.3) is 0 Å². The Labute approximate surface area is 122 Å². The van der Waals surface area contributed by atoms with Crippen LogP contribution in [0.5, 0.6) is 11.5 Å². The molecule has 1 atom stereocenters. The van der Waals surface area contributed by atoms with E-state index in [-0.39, 0.29) is 17.8 Å². The van der Waals surface area contributed by atoms with Crippen molar-refractivity contribution in [3.8, 4) is 11.5 Å². The molecular weight excluding hydrogens is 274 g/mol. The predicted octanol–water partition coefficient (Wildman–Crippen LogP) is 1.05. The van der Waals surface area contributed by atoms with Gasteiger partial charge in [0.25, 0.3) is 5.91 Å². The Balaban J connectivity index is 2.27. The molecule has 1 unspecified atom stereocenters. The molecule has 21 heavy (non-hydrogen) atoms. The van der Waals surface area contributed by atoms with E-state index < -0.39 is 0 Å². The van der Waals surface area contributed by atoms with Gasteiger partial charge in [-0.05, 0) is 31.0 Å². The summed E-state index contributed by atoms with van der Waals surface area (Å²) < 4.78 is 10.4. The molecule has 1 aliphatic heterocycles. The van der Waals surface area contributed by atoms with Gasteiger partial charge in [0, 0.05) is 12.1 Å². The first-order chi connectivity index (χ1) is 10.1. The van der Waals surface area contributed by atoms with Gasteiger partial charge in [0.05, 0.1) is 20.3 Å². The molecule has 1 heterocycles. The van der Waals surface area contributed by atoms with Gasteiger partial charge in [-0.2, -0.15) is 0 Å². The number of carbonyl (C=O) groups is 1. The molecule has 7 heteroatoms. The fourth-order valence-electron chi connectivity index (χ4n) is 2.52. The lowest BCUT2D eigenvalue weighted by Gasteiger charge is -2.24. The van der Waals surface area contributed by atoms with Crippen molar-refractivity contribution >= 4 is 11.7 Å². The van der Waals surface area contributed by atoms with Crippen LogP contribution in [0.2, 0.25) is 0 Å². The molecule has 0 aromatic heterocycles. The quantitative estimate of drug-likeness (QED) is 0.374. The first-order valence-corrected chi connectivity index (χ1v) is 6.62. The summed E-state index contributed by atoms with van der Waals surface area (Å²) in [4.78, 5) is 14.2. The van der Waals surface area contributed by atoms with E-state index in [4.69, 9.17) is 20.4 Å². The first-order valence-electron chi connectivity index (χ1n) is 6.62. The van der Waals surface area contributed by atoms with E-state index in [1.54, 1.807) is 23.1 Å². The summed E-state index contributed by atoms with van der Waals surface area (Å²) >= 11 is 0. The number of rotatable bonds is 4. The number of nitrogens with zero attached hydrogens (tertiary/aromatic N) is 2. The average molecular weight is 293 g/mol. The van der Waals surface area contributed by atoms with E-state index in [1.807, 2.05) is 0 Å². The third-order valence-electron chi connectivity index (χ3n) is 3.60. The monoisotopic (exact) mass is 293 g/mol. The molecule has 0 aliphatic carbocycles. The van der Waals surface area contributed by atoms with Crippen molar-refractivity contribution in [3.05, 3.63) is 23.8 Å². The second kappa shape index (κ2) is 6.34. The Morgan fingerprint density at radius 1 is 1.38 bits per heavy atom. The lowest BCUT2D eigenvalue weighted by Crippen LogP contribution is -2.43. The summed E-state index contributed by atoms with van der Waals surface area (Å²) in [6.07, 6.45) is 1.51. The fourth-order valence-corrected chi connectivity index (χ4v) is 2.52. The van der Waals surface area contributed by atoms with E-state index >= 15 is 0 Å². The molecule has 0 radical (unpaired) electrons. The molecule has 1 fully saturated rings. The molecule has 0 saturated carbocycles. The largest absolute Gasteiger partial charge is 0.493 e. The maximum atomic E-state index is 12.6. The minimum absolute atomic E-state index is 0.0568. The molecule has 114 valence electrons. The van der Waals surface area contributed by atoms with Gasteiger partial charge in [-0.25, -0.2) is 0 Å². The standard InChI is InChI=1S/C14H19N3O4/c1-20-11-6-5-9(8-12(11)21-2)14(18)17-7-3-4-10(17)13(15)16-19/h5-6,8,10,19H,3-4,7H2,1-2H3,(H2,15,16). The van der Waals surface area contributed by atoms with E-state index in [0.717, 1.165) is 6.42 Å². The molecule has 1 saturated heterocycles. The third-order valence-corrected chi connectivity index (χ3v) is 3.60. The van der Waals surface area contributed by atoms with Crippen molar-refractivity contribution in [3.63, 3.8) is 0 Å². The van der Waals surface area contributed by atoms with Gasteiger partial charge in [-0.1, -0.05) is 5.16 Å². The number of likely N-dealkylation sites (tertiary alicyclic amines) is 1. The van der Waals surface area contributed by atoms with Crippen LogP contribution in [0.3, 0.4) is 0 Å². The van der Waals surface area contributed by atoms with Crippen LogP contribution in [-0.4, -0.2) is 48.7 Å². The van der Waals surface area contributed by atoms with Crippen LogP contribution in [-0.2, 0) is 0 Å². The van der Waals surface area contributed by atoms with Crippen molar-refractivity contribution in [2.45, 2.75) is 18.9 Å². The summed E-state index contributed by atoms with van der Waals surface area (Å²) in [5.41, 5.74) is 6.12. The summed E-state index contributed by atoms with van der Waals surface area (Å²) in [6.45, 7) is 0.577. The third kappa shape index (κ3) is 2.86. The summed E-state index contributed by atoms with van der Waals surface area (Å²) in [6, 6.07) is 4.62. The van der Waals surface area contributed by atoms with Crippen LogP contribution in [0.15, 0.2) is 23.4 Å². The number of amidine groups is 1. The molecule has 0 spiro atoms. The molecule has 7 nitrogen and oxygen atoms in total. The Morgan fingerprint density at radius 3 is 2.71 bits per heavy atom. The highest BCUT2D eigenvalue weighted by Gasteiger charge is 2.32. The zero-order chi connectivity index (χ0) is 15.4. The number of hydrogen-bond donors (Lipinski definition) is 2. The molecule has 1 aliphatic rings. The molecule has 0 bridgehead atoms. The number of methoxy groups -OCH3 is 2. The topological polar surface area (TPSA) is 97.4 Å². The van der Waals surface area contributed by atoms with Crippen LogP contribution in [0.1, 0.15) is 23.2 Å². The number of hydrogen-bond acceptors (Lipinski definition) is 5. The van der Waals surface area contributed by atoms with Crippen LogP contribution in [0, 0.1) is 0 Å². The van der Waals surface area contributed by atoms with E-state index in [9.17, 15) is 4.79 Å². The second-order valence-corrected chi connectivity index (χ2v) is 4.75. The Kier molecular flexibility index (Phi) is 4.52. The summed E-state index contributed by atoms with van der Waals surface area (Å²) in [5, 5.41) is 11.8.